The Labute approximate surface area is 283 Å². The van der Waals surface area contributed by atoms with Gasteiger partial charge in [0.15, 0.2) is 0 Å². The van der Waals surface area contributed by atoms with E-state index in [4.69, 9.17) is 21.1 Å². The average molecular weight is 661 g/mol. The van der Waals surface area contributed by atoms with Gasteiger partial charge in [-0.25, -0.2) is 0 Å². The zero-order chi connectivity index (χ0) is 32.4. The van der Waals surface area contributed by atoms with E-state index in [9.17, 15) is 9.59 Å². The van der Waals surface area contributed by atoms with Crippen molar-refractivity contribution in [1.29, 1.82) is 0 Å². The molecule has 0 radical (unpaired) electrons. The number of hydrogen-bond donors (Lipinski definition) is 0. The highest BCUT2D eigenvalue weighted by molar-refractivity contribution is 8.15. The highest BCUT2D eigenvalue weighted by atomic mass is 35.5. The Morgan fingerprint density at radius 3 is 1.96 bits per heavy atom. The number of halogens is 1. The molecule has 2 aliphatic rings. The summed E-state index contributed by atoms with van der Waals surface area (Å²) in [6, 6.07) is 42.8. The lowest BCUT2D eigenvalue weighted by Crippen LogP contribution is -2.51. The maximum atomic E-state index is 14.4. The maximum absolute atomic E-state index is 14.4. The number of imide groups is 1. The van der Waals surface area contributed by atoms with Crippen LogP contribution in [0.2, 0.25) is 5.02 Å². The summed E-state index contributed by atoms with van der Waals surface area (Å²) in [4.78, 5) is 32.0. The van der Waals surface area contributed by atoms with E-state index in [1.165, 1.54) is 4.90 Å². The molecule has 7 rings (SSSR count). The van der Waals surface area contributed by atoms with E-state index in [-0.39, 0.29) is 17.2 Å². The number of carbonyl (C=O) groups excluding carboxylic acids is 2. The van der Waals surface area contributed by atoms with Gasteiger partial charge < -0.3 is 14.4 Å². The lowest BCUT2D eigenvalue weighted by Gasteiger charge is -2.42. The van der Waals surface area contributed by atoms with Gasteiger partial charge >= 0.3 is 0 Å². The van der Waals surface area contributed by atoms with Crippen LogP contribution in [0.1, 0.15) is 22.3 Å². The Morgan fingerprint density at radius 1 is 0.809 bits per heavy atom. The van der Waals surface area contributed by atoms with E-state index in [2.05, 4.69) is 4.90 Å². The molecule has 2 atom stereocenters. The van der Waals surface area contributed by atoms with Crippen LogP contribution in [0.15, 0.2) is 133 Å². The van der Waals surface area contributed by atoms with Crippen molar-refractivity contribution in [2.24, 2.45) is 0 Å². The molecule has 0 aliphatic carbocycles. The molecule has 47 heavy (non-hydrogen) atoms. The molecule has 236 valence electrons. The number of anilines is 1. The lowest BCUT2D eigenvalue weighted by molar-refractivity contribution is -0.129. The van der Waals surface area contributed by atoms with Gasteiger partial charge in [-0.05, 0) is 59.0 Å². The minimum Gasteiger partial charge on any atom is -0.491 e. The van der Waals surface area contributed by atoms with E-state index < -0.39 is 10.8 Å². The number of carbonyl (C=O) groups is 2. The zero-order valence-corrected chi connectivity index (χ0v) is 27.4. The maximum Gasteiger partial charge on any atom is 0.290 e. The molecule has 5 aromatic rings. The summed E-state index contributed by atoms with van der Waals surface area (Å²) >= 11 is 7.31. The normalized spacial score (nSPS) is 17.7. The monoisotopic (exact) mass is 660 g/mol. The van der Waals surface area contributed by atoms with Gasteiger partial charge in [0.2, 0.25) is 5.91 Å². The van der Waals surface area contributed by atoms with Gasteiger partial charge in [0.05, 0.1) is 17.0 Å². The Balaban J connectivity index is 1.11. The molecule has 0 bridgehead atoms. The lowest BCUT2D eigenvalue weighted by atomic mass is 9.75. The van der Waals surface area contributed by atoms with Gasteiger partial charge in [0.1, 0.15) is 30.3 Å². The molecule has 0 aromatic heterocycles. The molecule has 2 aliphatic heterocycles. The van der Waals surface area contributed by atoms with E-state index in [1.807, 2.05) is 141 Å². The van der Waals surface area contributed by atoms with Gasteiger partial charge in [0, 0.05) is 12.1 Å². The van der Waals surface area contributed by atoms with Crippen molar-refractivity contribution < 1.29 is 19.1 Å². The first-order valence-corrected chi connectivity index (χ1v) is 16.8. The summed E-state index contributed by atoms with van der Waals surface area (Å²) in [5.74, 6) is 1.32. The average Bonchev–Trinajstić information content (AvgIpc) is 3.39. The third kappa shape index (κ3) is 5.86. The summed E-state index contributed by atoms with van der Waals surface area (Å²) < 4.78 is 12.1. The number of hydrogen-bond acceptors (Lipinski definition) is 6. The van der Waals surface area contributed by atoms with Crippen LogP contribution < -0.4 is 14.4 Å². The smallest absolute Gasteiger partial charge is 0.290 e. The van der Waals surface area contributed by atoms with Crippen LogP contribution in [0.25, 0.3) is 0 Å². The number of rotatable bonds is 9. The predicted molar refractivity (Wildman–Crippen MR) is 188 cm³/mol. The van der Waals surface area contributed by atoms with Crippen molar-refractivity contribution in [2.45, 2.75) is 23.3 Å². The first-order valence-electron chi connectivity index (χ1n) is 15.5. The minimum atomic E-state index is -1.13. The fourth-order valence-corrected chi connectivity index (χ4v) is 7.71. The molecule has 2 heterocycles. The summed E-state index contributed by atoms with van der Waals surface area (Å²) in [7, 11) is 2.01. The van der Waals surface area contributed by atoms with Gasteiger partial charge in [-0.3, -0.25) is 14.5 Å². The number of nitrogens with zero attached hydrogens (tertiary/aromatic N) is 2. The predicted octanol–water partition coefficient (Wildman–Crippen LogP) is 8.21. The van der Waals surface area contributed by atoms with Crippen LogP contribution >= 0.6 is 23.4 Å². The molecule has 5 aromatic carbocycles. The molecule has 2 unspecified atom stereocenters. The summed E-state index contributed by atoms with van der Waals surface area (Å²) in [6.45, 7) is 0.938. The summed E-state index contributed by atoms with van der Waals surface area (Å²) in [5.41, 5.74) is 3.31. The van der Waals surface area contributed by atoms with E-state index in [0.717, 1.165) is 51.2 Å². The Hall–Kier alpha value is -4.72. The van der Waals surface area contributed by atoms with Gasteiger partial charge in [0.25, 0.3) is 5.24 Å². The Kier molecular flexibility index (Phi) is 8.67. The Bertz CT molecular complexity index is 1780. The molecule has 6 nitrogen and oxygen atoms in total. The third-order valence-electron chi connectivity index (χ3n) is 8.90. The molecule has 1 fully saturated rings. The van der Waals surface area contributed by atoms with Gasteiger partial charge in [-0.1, -0.05) is 126 Å². The molecule has 1 saturated heterocycles. The van der Waals surface area contributed by atoms with Crippen LogP contribution in [0.5, 0.6) is 11.5 Å². The second kappa shape index (κ2) is 13.2. The van der Waals surface area contributed by atoms with E-state index in [0.29, 0.717) is 24.7 Å². The largest absolute Gasteiger partial charge is 0.491 e. The van der Waals surface area contributed by atoms with Crippen LogP contribution in [-0.4, -0.2) is 47.6 Å². The second-order valence-corrected chi connectivity index (χ2v) is 13.3. The quantitative estimate of drug-likeness (QED) is 0.149. The summed E-state index contributed by atoms with van der Waals surface area (Å²) in [5, 5.41) is -0.172. The molecule has 0 saturated carbocycles. The van der Waals surface area contributed by atoms with E-state index in [1.54, 1.807) is 0 Å². The topological polar surface area (TPSA) is 59.1 Å². The standard InChI is InChI=1S/C39H33ClN2O4S/c1-41-32(26-46-35-22-19-31(40)24-34(35)41)25-45-33-20-17-27(18-21-33)23-36-37(43)42(38(44)47-36)39(28-11-5-2-6-12-28,29-13-7-3-8-14-29)30-15-9-4-10-16-30/h2-22,24,32,36H,23,25-26H2,1H3. The van der Waals surface area contributed by atoms with Crippen molar-refractivity contribution in [3.8, 4) is 11.5 Å². The number of amides is 2. The first-order chi connectivity index (χ1) is 22.9. The SMILES string of the molecule is CN1c2cc(Cl)ccc2OCC1COc1ccc(CC2SC(=O)N(C(c3ccccc3)(c3ccccc3)c3ccccc3)C2=O)cc1. The number of likely N-dealkylation sites (N-methyl/N-ethyl adjacent to an activating group) is 1. The second-order valence-electron chi connectivity index (χ2n) is 11.7. The van der Waals surface area contributed by atoms with Gasteiger partial charge in [-0.15, -0.1) is 0 Å². The summed E-state index contributed by atoms with van der Waals surface area (Å²) in [6.07, 6.45) is 0.414. The first kappa shape index (κ1) is 30.9. The fourth-order valence-electron chi connectivity index (χ4n) is 6.49. The molecule has 0 spiro atoms. The van der Waals surface area contributed by atoms with Crippen molar-refractivity contribution in [3.05, 3.63) is 161 Å². The number of fused-ring (bicyclic) bond motifs is 1. The van der Waals surface area contributed by atoms with Crippen molar-refractivity contribution in [1.82, 2.24) is 4.90 Å². The van der Waals surface area contributed by atoms with Crippen molar-refractivity contribution in [2.75, 3.05) is 25.2 Å². The highest BCUT2D eigenvalue weighted by Crippen LogP contribution is 2.48. The number of thioether (sulfide) groups is 1. The molecular formula is C39H33ClN2O4S. The van der Waals surface area contributed by atoms with E-state index >= 15 is 0 Å². The molecule has 2 amide bonds. The number of benzene rings is 5. The van der Waals surface area contributed by atoms with Crippen LogP contribution in [0.4, 0.5) is 10.5 Å². The molecule has 8 heteroatoms. The van der Waals surface area contributed by atoms with Crippen LogP contribution in [0.3, 0.4) is 0 Å². The van der Waals surface area contributed by atoms with Crippen molar-refractivity contribution in [3.63, 3.8) is 0 Å². The highest BCUT2D eigenvalue weighted by Gasteiger charge is 2.54. The van der Waals surface area contributed by atoms with Crippen LogP contribution in [0, 0.1) is 0 Å². The molecule has 0 N–H and O–H groups in total. The Morgan fingerprint density at radius 2 is 1.38 bits per heavy atom. The van der Waals surface area contributed by atoms with Gasteiger partial charge in [-0.2, -0.15) is 0 Å². The zero-order valence-electron chi connectivity index (χ0n) is 25.8. The minimum absolute atomic E-state index is 0.0178. The van der Waals surface area contributed by atoms with Crippen LogP contribution in [-0.2, 0) is 16.8 Å². The number of ether oxygens (including phenoxy) is 2. The van der Waals surface area contributed by atoms with Crippen molar-refractivity contribution >= 4 is 40.2 Å². The third-order valence-corrected chi connectivity index (χ3v) is 10.2. The molecular weight excluding hydrogens is 628 g/mol. The fraction of sp³-hybridized carbons (Fsp3) is 0.179.